The summed E-state index contributed by atoms with van der Waals surface area (Å²) in [4.78, 5) is 0. The molecule has 17 heavy (non-hydrogen) atoms. The van der Waals surface area contributed by atoms with Gasteiger partial charge in [0.2, 0.25) is 0 Å². The van der Waals surface area contributed by atoms with E-state index < -0.39 is 18.7 Å². The van der Waals surface area contributed by atoms with E-state index in [-0.39, 0.29) is 6.54 Å². The largest absolute Gasteiger partial charge is 0.390 e. The molecule has 1 aromatic carbocycles. The number of aliphatic hydroxyl groups excluding tert-OH is 1. The number of aliphatic hydroxyl groups is 1. The zero-order valence-electron chi connectivity index (χ0n) is 9.37. The Hall–Kier alpha value is -1.07. The summed E-state index contributed by atoms with van der Waals surface area (Å²) >= 11 is 0. The van der Waals surface area contributed by atoms with Gasteiger partial charge in [0, 0.05) is 6.54 Å². The molecule has 0 bridgehead atoms. The van der Waals surface area contributed by atoms with Crippen LogP contribution in [-0.4, -0.2) is 24.4 Å². The van der Waals surface area contributed by atoms with E-state index in [1.165, 1.54) is 0 Å². The summed E-state index contributed by atoms with van der Waals surface area (Å²) < 4.78 is 35.5. The van der Waals surface area contributed by atoms with Crippen LogP contribution >= 0.6 is 0 Å². The molecule has 2 nitrogen and oxygen atoms in total. The molecule has 1 rings (SSSR count). The Morgan fingerprint density at radius 2 is 1.76 bits per heavy atom. The average Bonchev–Trinajstić information content (AvgIpc) is 2.28. The molecule has 0 amide bonds. The standard InChI is InChI=1S/C12H16F3NO/c13-12(14,15)7-9-16-8-6-11(17)10-4-2-1-3-5-10/h1-5,11,16-17H,6-9H2/t11-/m1/s1. The van der Waals surface area contributed by atoms with Crippen LogP contribution in [0.2, 0.25) is 0 Å². The third kappa shape index (κ3) is 6.28. The number of hydrogen-bond donors (Lipinski definition) is 2. The van der Waals surface area contributed by atoms with E-state index in [0.717, 1.165) is 5.56 Å². The quantitative estimate of drug-likeness (QED) is 0.757. The van der Waals surface area contributed by atoms with Gasteiger partial charge in [-0.2, -0.15) is 13.2 Å². The first-order valence-corrected chi connectivity index (χ1v) is 5.49. The van der Waals surface area contributed by atoms with Gasteiger partial charge in [-0.3, -0.25) is 0 Å². The van der Waals surface area contributed by atoms with Crippen LogP contribution in [0.15, 0.2) is 30.3 Å². The van der Waals surface area contributed by atoms with Crippen LogP contribution in [0, 0.1) is 0 Å². The molecule has 96 valence electrons. The summed E-state index contributed by atoms with van der Waals surface area (Å²) in [5.41, 5.74) is 0.783. The molecule has 0 radical (unpaired) electrons. The van der Waals surface area contributed by atoms with Crippen LogP contribution < -0.4 is 5.32 Å². The molecule has 5 heteroatoms. The zero-order valence-corrected chi connectivity index (χ0v) is 9.37. The molecule has 2 N–H and O–H groups in total. The number of hydrogen-bond acceptors (Lipinski definition) is 2. The van der Waals surface area contributed by atoms with Crippen molar-refractivity contribution < 1.29 is 18.3 Å². The molecule has 0 saturated carbocycles. The van der Waals surface area contributed by atoms with Gasteiger partial charge in [0.15, 0.2) is 0 Å². The summed E-state index contributed by atoms with van der Waals surface area (Å²) in [7, 11) is 0. The number of halogens is 3. The van der Waals surface area contributed by atoms with E-state index in [4.69, 9.17) is 0 Å². The lowest BCUT2D eigenvalue weighted by Crippen LogP contribution is -2.23. The van der Waals surface area contributed by atoms with E-state index in [2.05, 4.69) is 5.32 Å². The molecular formula is C12H16F3NO. The van der Waals surface area contributed by atoms with Crippen molar-refractivity contribution in [2.45, 2.75) is 25.1 Å². The molecular weight excluding hydrogens is 231 g/mol. The minimum absolute atomic E-state index is 0.106. The second-order valence-electron chi connectivity index (χ2n) is 3.83. The van der Waals surface area contributed by atoms with E-state index in [0.29, 0.717) is 13.0 Å². The van der Waals surface area contributed by atoms with Gasteiger partial charge < -0.3 is 10.4 Å². The predicted octanol–water partition coefficient (Wildman–Crippen LogP) is 2.65. The molecule has 1 aromatic rings. The van der Waals surface area contributed by atoms with Gasteiger partial charge in [0.05, 0.1) is 12.5 Å². The highest BCUT2D eigenvalue weighted by Gasteiger charge is 2.25. The second-order valence-corrected chi connectivity index (χ2v) is 3.83. The summed E-state index contributed by atoms with van der Waals surface area (Å²) in [6.45, 7) is 0.261. The van der Waals surface area contributed by atoms with Gasteiger partial charge in [-0.25, -0.2) is 0 Å². The second kappa shape index (κ2) is 6.61. The Morgan fingerprint density at radius 3 is 2.35 bits per heavy atom. The molecule has 0 unspecified atom stereocenters. The van der Waals surface area contributed by atoms with Gasteiger partial charge in [0.25, 0.3) is 0 Å². The molecule has 0 aliphatic heterocycles. The van der Waals surface area contributed by atoms with Crippen molar-refractivity contribution in [3.63, 3.8) is 0 Å². The van der Waals surface area contributed by atoms with Crippen LogP contribution in [0.25, 0.3) is 0 Å². The molecule has 0 saturated heterocycles. The summed E-state index contributed by atoms with van der Waals surface area (Å²) in [5.74, 6) is 0. The lowest BCUT2D eigenvalue weighted by atomic mass is 10.1. The molecule has 0 heterocycles. The first kappa shape index (κ1) is 14.0. The number of alkyl halides is 3. The first-order valence-electron chi connectivity index (χ1n) is 5.49. The fourth-order valence-corrected chi connectivity index (χ4v) is 1.44. The van der Waals surface area contributed by atoms with E-state index >= 15 is 0 Å². The van der Waals surface area contributed by atoms with Crippen molar-refractivity contribution in [3.05, 3.63) is 35.9 Å². The number of rotatable bonds is 6. The van der Waals surface area contributed by atoms with Gasteiger partial charge in [-0.05, 0) is 18.5 Å². The van der Waals surface area contributed by atoms with Crippen molar-refractivity contribution in [2.75, 3.05) is 13.1 Å². The normalized spacial score (nSPS) is 13.6. The summed E-state index contributed by atoms with van der Waals surface area (Å²) in [6.07, 6.45) is -5.18. The van der Waals surface area contributed by atoms with E-state index in [9.17, 15) is 18.3 Å². The average molecular weight is 247 g/mol. The first-order chi connectivity index (χ1) is 7.99. The molecule has 0 spiro atoms. The third-order valence-electron chi connectivity index (χ3n) is 2.36. The van der Waals surface area contributed by atoms with Crippen LogP contribution in [-0.2, 0) is 0 Å². The maximum absolute atomic E-state index is 11.8. The Balaban J connectivity index is 2.15. The van der Waals surface area contributed by atoms with Crippen LogP contribution in [0.3, 0.4) is 0 Å². The molecule has 0 aromatic heterocycles. The summed E-state index contributed by atoms with van der Waals surface area (Å²) in [6, 6.07) is 9.06. The maximum Gasteiger partial charge on any atom is 0.390 e. The minimum atomic E-state index is -4.12. The van der Waals surface area contributed by atoms with Gasteiger partial charge in [0.1, 0.15) is 0 Å². The minimum Gasteiger partial charge on any atom is -0.388 e. The smallest absolute Gasteiger partial charge is 0.388 e. The predicted molar refractivity (Wildman–Crippen MR) is 59.6 cm³/mol. The lowest BCUT2D eigenvalue weighted by molar-refractivity contribution is -0.133. The molecule has 0 aliphatic rings. The molecule has 0 fully saturated rings. The Bertz CT molecular complexity index is 313. The Labute approximate surface area is 98.5 Å². The molecule has 1 atom stereocenters. The SMILES string of the molecule is O[C@H](CCNCCC(F)(F)F)c1ccccc1. The number of nitrogens with one attached hydrogen (secondary N) is 1. The fraction of sp³-hybridized carbons (Fsp3) is 0.500. The van der Waals surface area contributed by atoms with E-state index in [1.54, 1.807) is 12.1 Å². The van der Waals surface area contributed by atoms with Crippen molar-refractivity contribution in [1.29, 1.82) is 0 Å². The fourth-order valence-electron chi connectivity index (χ4n) is 1.44. The highest BCUT2D eigenvalue weighted by Crippen LogP contribution is 2.18. The van der Waals surface area contributed by atoms with Crippen molar-refractivity contribution >= 4 is 0 Å². The van der Waals surface area contributed by atoms with Gasteiger partial charge in [-0.1, -0.05) is 30.3 Å². The Morgan fingerprint density at radius 1 is 1.12 bits per heavy atom. The van der Waals surface area contributed by atoms with Crippen molar-refractivity contribution in [2.24, 2.45) is 0 Å². The van der Waals surface area contributed by atoms with Crippen LogP contribution in [0.5, 0.6) is 0 Å². The van der Waals surface area contributed by atoms with Crippen LogP contribution in [0.4, 0.5) is 13.2 Å². The molecule has 0 aliphatic carbocycles. The van der Waals surface area contributed by atoms with Crippen molar-refractivity contribution in [3.8, 4) is 0 Å². The van der Waals surface area contributed by atoms with Crippen molar-refractivity contribution in [1.82, 2.24) is 5.32 Å². The highest BCUT2D eigenvalue weighted by atomic mass is 19.4. The lowest BCUT2D eigenvalue weighted by Gasteiger charge is -2.12. The zero-order chi connectivity index (χ0) is 12.7. The Kier molecular flexibility index (Phi) is 5.44. The topological polar surface area (TPSA) is 32.3 Å². The maximum atomic E-state index is 11.8. The van der Waals surface area contributed by atoms with Crippen LogP contribution in [0.1, 0.15) is 24.5 Å². The summed E-state index contributed by atoms with van der Waals surface area (Å²) in [5, 5.41) is 12.4. The van der Waals surface area contributed by atoms with Gasteiger partial charge in [-0.15, -0.1) is 0 Å². The highest BCUT2D eigenvalue weighted by molar-refractivity contribution is 5.17. The monoisotopic (exact) mass is 247 g/mol. The van der Waals surface area contributed by atoms with E-state index in [1.807, 2.05) is 18.2 Å². The van der Waals surface area contributed by atoms with Gasteiger partial charge >= 0.3 is 6.18 Å². The third-order valence-corrected chi connectivity index (χ3v) is 2.36. The number of benzene rings is 1.